The van der Waals surface area contributed by atoms with E-state index in [0.717, 1.165) is 138 Å². The summed E-state index contributed by atoms with van der Waals surface area (Å²) in [4.78, 5) is 0. The van der Waals surface area contributed by atoms with Gasteiger partial charge in [-0.2, -0.15) is 0 Å². The fourth-order valence-corrected chi connectivity index (χ4v) is 11.2. The van der Waals surface area contributed by atoms with Crippen molar-refractivity contribution in [3.8, 4) is 50.3 Å². The van der Waals surface area contributed by atoms with Crippen LogP contribution in [0.3, 0.4) is 0 Å². The molecular formula is C62H36O4. The molecule has 0 bridgehead atoms. The van der Waals surface area contributed by atoms with Gasteiger partial charge in [0.2, 0.25) is 0 Å². The SMILES string of the molecule is C1=CC2Oc3c(-c4c5cc(-c6ccc7oc8ccccc8c7c6)ccc5c(-c5cccc6c5oc5ccccc56)c5cc(-c6ccc7oc8ccccc8c7c6)ccc45)cccc3C2C=C1. The minimum Gasteiger partial charge on any atom is -0.484 e. The normalized spacial score (nSPS) is 15.6. The number of fused-ring (bicyclic) bond motifs is 14. The van der Waals surface area contributed by atoms with E-state index in [1.54, 1.807) is 0 Å². The Kier molecular flexibility index (Phi) is 7.30. The molecule has 10 aromatic carbocycles. The summed E-state index contributed by atoms with van der Waals surface area (Å²) in [7, 11) is 0. The Morgan fingerprint density at radius 2 is 0.788 bits per heavy atom. The molecule has 0 N–H and O–H groups in total. The van der Waals surface area contributed by atoms with Crippen molar-refractivity contribution >= 4 is 87.4 Å². The van der Waals surface area contributed by atoms with E-state index in [2.05, 4.69) is 176 Å². The van der Waals surface area contributed by atoms with Crippen LogP contribution >= 0.6 is 0 Å². The number of hydrogen-bond donors (Lipinski definition) is 0. The molecule has 308 valence electrons. The van der Waals surface area contributed by atoms with Crippen LogP contribution in [0.1, 0.15) is 11.5 Å². The van der Waals surface area contributed by atoms with E-state index in [1.165, 1.54) is 5.56 Å². The van der Waals surface area contributed by atoms with E-state index >= 15 is 0 Å². The Morgan fingerprint density at radius 1 is 0.318 bits per heavy atom. The molecule has 0 saturated heterocycles. The van der Waals surface area contributed by atoms with Crippen LogP contribution in [0, 0.1) is 0 Å². The van der Waals surface area contributed by atoms with E-state index in [1.807, 2.05) is 30.3 Å². The van der Waals surface area contributed by atoms with Gasteiger partial charge in [-0.05, 0) is 104 Å². The Hall–Kier alpha value is -8.60. The third-order valence-corrected chi connectivity index (χ3v) is 14.2. The quantitative estimate of drug-likeness (QED) is 0.166. The van der Waals surface area contributed by atoms with Crippen LogP contribution in [-0.4, -0.2) is 6.10 Å². The Morgan fingerprint density at radius 3 is 1.42 bits per heavy atom. The number of hydrogen-bond acceptors (Lipinski definition) is 4. The van der Waals surface area contributed by atoms with Gasteiger partial charge in [0, 0.05) is 66.1 Å². The van der Waals surface area contributed by atoms with Crippen molar-refractivity contribution in [3.63, 3.8) is 0 Å². The van der Waals surface area contributed by atoms with Gasteiger partial charge < -0.3 is 18.0 Å². The highest BCUT2D eigenvalue weighted by Gasteiger charge is 2.35. The second-order valence-electron chi connectivity index (χ2n) is 17.8. The van der Waals surface area contributed by atoms with Crippen LogP contribution in [-0.2, 0) is 0 Å². The number of benzene rings is 10. The number of ether oxygens (including phenoxy) is 1. The minimum absolute atomic E-state index is 0.0544. The first-order valence-corrected chi connectivity index (χ1v) is 22.6. The maximum atomic E-state index is 6.98. The van der Waals surface area contributed by atoms with Crippen molar-refractivity contribution < 1.29 is 18.0 Å². The van der Waals surface area contributed by atoms with Crippen molar-refractivity contribution in [1.29, 1.82) is 0 Å². The van der Waals surface area contributed by atoms with Crippen molar-refractivity contribution in [2.75, 3.05) is 0 Å². The monoisotopic (exact) mass is 844 g/mol. The van der Waals surface area contributed by atoms with Gasteiger partial charge in [0.25, 0.3) is 0 Å². The summed E-state index contributed by atoms with van der Waals surface area (Å²) >= 11 is 0. The predicted molar refractivity (Wildman–Crippen MR) is 270 cm³/mol. The van der Waals surface area contributed by atoms with Crippen LogP contribution in [0.4, 0.5) is 0 Å². The summed E-state index contributed by atoms with van der Waals surface area (Å²) in [5.74, 6) is 1.09. The standard InChI is InChI=1S/C62H36O4/c1-7-21-55-39(11-1)45-15-9-17-47(61(45)65-55)59-43-27-23-36(38-26-30-58-50(32-38)42-14-4-6-20-54(42)64-58)34-52(43)60(48-18-10-16-46-40-12-2-8-22-56(40)66-62(46)48)44-28-24-35(33-51(44)59)37-25-29-57-49(31-37)41-13-3-5-19-53(41)63-57/h1-34,39,55H. The molecule has 4 heteroatoms. The molecular weight excluding hydrogens is 809 g/mol. The van der Waals surface area contributed by atoms with Crippen LogP contribution < -0.4 is 4.74 Å². The van der Waals surface area contributed by atoms with E-state index < -0.39 is 0 Å². The average Bonchev–Trinajstić information content (AvgIpc) is 4.15. The molecule has 1 aliphatic heterocycles. The van der Waals surface area contributed by atoms with Gasteiger partial charge in [-0.3, -0.25) is 0 Å². The van der Waals surface area contributed by atoms with Crippen LogP contribution in [0.5, 0.6) is 5.75 Å². The molecule has 0 saturated carbocycles. The van der Waals surface area contributed by atoms with Crippen molar-refractivity contribution in [2.45, 2.75) is 12.0 Å². The third kappa shape index (κ3) is 5.09. The first kappa shape index (κ1) is 35.8. The topological polar surface area (TPSA) is 48.7 Å². The Balaban J connectivity index is 1.06. The second-order valence-corrected chi connectivity index (χ2v) is 17.8. The Labute approximate surface area is 377 Å². The molecule has 66 heavy (non-hydrogen) atoms. The molecule has 0 amide bonds. The third-order valence-electron chi connectivity index (χ3n) is 14.2. The molecule has 15 rings (SSSR count). The molecule has 13 aromatic rings. The second kappa shape index (κ2) is 13.5. The number of allylic oxidation sites excluding steroid dienone is 2. The smallest absolute Gasteiger partial charge is 0.143 e. The van der Waals surface area contributed by atoms with E-state index in [-0.39, 0.29) is 12.0 Å². The minimum atomic E-state index is -0.0544. The zero-order valence-electron chi connectivity index (χ0n) is 35.4. The van der Waals surface area contributed by atoms with Gasteiger partial charge in [0.1, 0.15) is 45.4 Å². The van der Waals surface area contributed by atoms with Gasteiger partial charge in [-0.25, -0.2) is 0 Å². The van der Waals surface area contributed by atoms with Crippen molar-refractivity contribution in [1.82, 2.24) is 0 Å². The van der Waals surface area contributed by atoms with Crippen LogP contribution in [0.15, 0.2) is 220 Å². The zero-order chi connectivity index (χ0) is 43.0. The Bertz CT molecular complexity index is 4280. The number of rotatable bonds is 4. The summed E-state index contributed by atoms with van der Waals surface area (Å²) in [6.07, 6.45) is 8.64. The summed E-state index contributed by atoms with van der Waals surface area (Å²) in [6.45, 7) is 0. The van der Waals surface area contributed by atoms with Gasteiger partial charge in [-0.15, -0.1) is 0 Å². The van der Waals surface area contributed by atoms with Gasteiger partial charge in [-0.1, -0.05) is 146 Å². The fourth-order valence-electron chi connectivity index (χ4n) is 11.2. The van der Waals surface area contributed by atoms with Crippen LogP contribution in [0.2, 0.25) is 0 Å². The maximum absolute atomic E-state index is 6.98. The van der Waals surface area contributed by atoms with Crippen molar-refractivity contribution in [2.24, 2.45) is 0 Å². The highest BCUT2D eigenvalue weighted by atomic mass is 16.5. The van der Waals surface area contributed by atoms with Gasteiger partial charge >= 0.3 is 0 Å². The predicted octanol–water partition coefficient (Wildman–Crippen LogP) is 17.3. The lowest BCUT2D eigenvalue weighted by atomic mass is 9.82. The highest BCUT2D eigenvalue weighted by Crippen LogP contribution is 2.53. The maximum Gasteiger partial charge on any atom is 0.143 e. The number of para-hydroxylation sites is 5. The number of furan rings is 3. The molecule has 0 radical (unpaired) electrons. The van der Waals surface area contributed by atoms with E-state index in [4.69, 9.17) is 18.0 Å². The molecule has 0 spiro atoms. The molecule has 4 heterocycles. The van der Waals surface area contributed by atoms with Gasteiger partial charge in [0.15, 0.2) is 0 Å². The lowest BCUT2D eigenvalue weighted by Gasteiger charge is -2.21. The van der Waals surface area contributed by atoms with Crippen molar-refractivity contribution in [3.05, 3.63) is 212 Å². The molecule has 2 unspecified atom stereocenters. The van der Waals surface area contributed by atoms with Gasteiger partial charge in [0.05, 0.1) is 0 Å². The summed E-state index contributed by atoms with van der Waals surface area (Å²) in [5.41, 5.74) is 15.4. The largest absolute Gasteiger partial charge is 0.484 e. The molecule has 3 aromatic heterocycles. The first-order valence-electron chi connectivity index (χ1n) is 22.6. The molecule has 2 atom stereocenters. The zero-order valence-corrected chi connectivity index (χ0v) is 35.4. The van der Waals surface area contributed by atoms with E-state index in [9.17, 15) is 0 Å². The lowest BCUT2D eigenvalue weighted by Crippen LogP contribution is -2.15. The molecule has 1 aliphatic carbocycles. The van der Waals surface area contributed by atoms with Crippen LogP contribution in [0.25, 0.3) is 132 Å². The van der Waals surface area contributed by atoms with E-state index in [0.29, 0.717) is 0 Å². The first-order chi connectivity index (χ1) is 32.7. The highest BCUT2D eigenvalue weighted by molar-refractivity contribution is 6.26. The summed E-state index contributed by atoms with van der Waals surface area (Å²) in [5, 5.41) is 11.2. The fraction of sp³-hybridized carbons (Fsp3) is 0.0323. The molecule has 2 aliphatic rings. The average molecular weight is 845 g/mol. The summed E-state index contributed by atoms with van der Waals surface area (Å²) < 4.78 is 26.4. The molecule has 0 fully saturated rings. The molecule has 4 nitrogen and oxygen atoms in total. The lowest BCUT2D eigenvalue weighted by molar-refractivity contribution is 0.270. The summed E-state index contributed by atoms with van der Waals surface area (Å²) in [6, 6.07) is 65.3.